The van der Waals surface area contributed by atoms with E-state index in [0.717, 1.165) is 39.9 Å². The number of hydrogen-bond acceptors (Lipinski definition) is 4. The third kappa shape index (κ3) is 2.83. The molecule has 1 amide bonds. The molecule has 1 saturated carbocycles. The highest BCUT2D eigenvalue weighted by molar-refractivity contribution is 7.20. The van der Waals surface area contributed by atoms with Crippen molar-refractivity contribution >= 4 is 33.4 Å². The second-order valence-electron chi connectivity index (χ2n) is 6.27. The Balaban J connectivity index is 1.91. The summed E-state index contributed by atoms with van der Waals surface area (Å²) in [5.41, 5.74) is 2.98. The van der Waals surface area contributed by atoms with Gasteiger partial charge in [-0.1, -0.05) is 6.42 Å². The number of carbonyl (C=O) groups excluding carboxylic acids is 1. The molecule has 0 bridgehead atoms. The lowest BCUT2D eigenvalue weighted by atomic mass is 10.0. The summed E-state index contributed by atoms with van der Waals surface area (Å²) in [5, 5.41) is 13.2. The maximum atomic E-state index is 12.6. The fourth-order valence-electron chi connectivity index (χ4n) is 3.50. The summed E-state index contributed by atoms with van der Waals surface area (Å²) < 4.78 is 0. The smallest absolute Gasteiger partial charge is 0.308 e. The number of aliphatic carboxylic acids is 1. The number of rotatable bonds is 3. The Labute approximate surface area is 138 Å². The zero-order valence-corrected chi connectivity index (χ0v) is 14.3. The molecule has 2 heterocycles. The zero-order chi connectivity index (χ0) is 16.7. The minimum Gasteiger partial charge on any atom is -0.481 e. The van der Waals surface area contributed by atoms with Crippen LogP contribution in [-0.4, -0.2) is 28.0 Å². The number of carboxylic acids is 1. The minimum atomic E-state index is -0.825. The Morgan fingerprint density at radius 1 is 1.30 bits per heavy atom. The SMILES string of the molecule is Cc1cc(C)c2c(C)c(C(=O)NC3CCCC3C(=O)O)sc2n1. The summed E-state index contributed by atoms with van der Waals surface area (Å²) in [6.07, 6.45) is 2.20. The summed E-state index contributed by atoms with van der Waals surface area (Å²) in [7, 11) is 0. The number of thiophene rings is 1. The van der Waals surface area contributed by atoms with Crippen LogP contribution in [0.2, 0.25) is 0 Å². The van der Waals surface area contributed by atoms with E-state index in [-0.39, 0.29) is 11.9 Å². The van der Waals surface area contributed by atoms with E-state index in [9.17, 15) is 14.7 Å². The summed E-state index contributed by atoms with van der Waals surface area (Å²) in [4.78, 5) is 29.9. The number of nitrogens with one attached hydrogen (secondary N) is 1. The van der Waals surface area contributed by atoms with E-state index < -0.39 is 11.9 Å². The number of carboxylic acid groups (broad SMARTS) is 1. The first-order chi connectivity index (χ1) is 10.9. The monoisotopic (exact) mass is 332 g/mol. The highest BCUT2D eigenvalue weighted by Crippen LogP contribution is 2.33. The van der Waals surface area contributed by atoms with Crippen molar-refractivity contribution in [2.75, 3.05) is 0 Å². The maximum absolute atomic E-state index is 12.6. The number of hydrogen-bond donors (Lipinski definition) is 2. The van der Waals surface area contributed by atoms with Gasteiger partial charge in [0.2, 0.25) is 0 Å². The van der Waals surface area contributed by atoms with Crippen molar-refractivity contribution in [3.05, 3.63) is 27.8 Å². The normalized spacial score (nSPS) is 20.8. The number of aryl methyl sites for hydroxylation is 3. The van der Waals surface area contributed by atoms with E-state index >= 15 is 0 Å². The van der Waals surface area contributed by atoms with Crippen molar-refractivity contribution in [1.29, 1.82) is 0 Å². The number of nitrogens with zero attached hydrogens (tertiary/aromatic N) is 1. The summed E-state index contributed by atoms with van der Waals surface area (Å²) in [5.74, 6) is -1.48. The first-order valence-electron chi connectivity index (χ1n) is 7.79. The molecule has 0 saturated heterocycles. The molecule has 2 aromatic heterocycles. The van der Waals surface area contributed by atoms with Gasteiger partial charge in [-0.05, 0) is 50.8 Å². The van der Waals surface area contributed by atoms with Crippen LogP contribution in [0.5, 0.6) is 0 Å². The lowest BCUT2D eigenvalue weighted by Gasteiger charge is -2.17. The second-order valence-corrected chi connectivity index (χ2v) is 7.27. The molecule has 5 nitrogen and oxygen atoms in total. The molecular formula is C17H20N2O3S. The highest BCUT2D eigenvalue weighted by atomic mass is 32.1. The van der Waals surface area contributed by atoms with Gasteiger partial charge in [-0.2, -0.15) is 0 Å². The molecule has 3 rings (SSSR count). The zero-order valence-electron chi connectivity index (χ0n) is 13.5. The number of fused-ring (bicyclic) bond motifs is 1. The van der Waals surface area contributed by atoms with Crippen LogP contribution in [0.25, 0.3) is 10.2 Å². The Bertz CT molecular complexity index is 797. The molecule has 0 aromatic carbocycles. The fraction of sp³-hybridized carbons (Fsp3) is 0.471. The molecular weight excluding hydrogens is 312 g/mol. The standard InChI is InChI=1S/C17H20N2O3S/c1-8-7-9(2)18-16-13(8)10(3)14(23-16)15(20)19-12-6-4-5-11(12)17(21)22/h7,11-12H,4-6H2,1-3H3,(H,19,20)(H,21,22). The van der Waals surface area contributed by atoms with Gasteiger partial charge in [0.25, 0.3) is 5.91 Å². The van der Waals surface area contributed by atoms with Crippen molar-refractivity contribution in [2.45, 2.75) is 46.1 Å². The van der Waals surface area contributed by atoms with Crippen LogP contribution in [0.15, 0.2) is 6.07 Å². The van der Waals surface area contributed by atoms with E-state index in [2.05, 4.69) is 10.3 Å². The van der Waals surface area contributed by atoms with Crippen molar-refractivity contribution in [3.63, 3.8) is 0 Å². The van der Waals surface area contributed by atoms with Gasteiger partial charge >= 0.3 is 5.97 Å². The molecule has 0 spiro atoms. The summed E-state index contributed by atoms with van der Waals surface area (Å²) in [6, 6.07) is 1.74. The third-order valence-corrected chi connectivity index (χ3v) is 5.77. The largest absolute Gasteiger partial charge is 0.481 e. The molecule has 2 atom stereocenters. The van der Waals surface area contributed by atoms with Crippen LogP contribution in [-0.2, 0) is 4.79 Å². The average molecular weight is 332 g/mol. The molecule has 2 unspecified atom stereocenters. The Kier molecular flexibility index (Phi) is 4.10. The molecule has 23 heavy (non-hydrogen) atoms. The Hall–Kier alpha value is -1.95. The van der Waals surface area contributed by atoms with E-state index in [1.807, 2.05) is 26.8 Å². The second kappa shape index (κ2) is 5.92. The molecule has 6 heteroatoms. The number of pyridine rings is 1. The van der Waals surface area contributed by atoms with Crippen LogP contribution in [0.1, 0.15) is 45.8 Å². The number of carbonyl (C=O) groups is 2. The quantitative estimate of drug-likeness (QED) is 0.904. The van der Waals surface area contributed by atoms with E-state index in [4.69, 9.17) is 0 Å². The molecule has 1 fully saturated rings. The molecule has 0 radical (unpaired) electrons. The molecule has 1 aliphatic rings. The maximum Gasteiger partial charge on any atom is 0.308 e. The molecule has 2 aromatic rings. The van der Waals surface area contributed by atoms with E-state index in [0.29, 0.717) is 11.3 Å². The van der Waals surface area contributed by atoms with Gasteiger partial charge in [0.05, 0.1) is 10.8 Å². The van der Waals surface area contributed by atoms with Gasteiger partial charge in [0, 0.05) is 17.1 Å². The lowest BCUT2D eigenvalue weighted by molar-refractivity contribution is -0.142. The first-order valence-corrected chi connectivity index (χ1v) is 8.61. The molecule has 2 N–H and O–H groups in total. The Morgan fingerprint density at radius 2 is 2.04 bits per heavy atom. The van der Waals surface area contributed by atoms with Crippen molar-refractivity contribution in [1.82, 2.24) is 10.3 Å². The number of amides is 1. The van der Waals surface area contributed by atoms with Gasteiger partial charge in [-0.15, -0.1) is 11.3 Å². The third-order valence-electron chi connectivity index (χ3n) is 4.58. The van der Waals surface area contributed by atoms with Crippen LogP contribution >= 0.6 is 11.3 Å². The predicted molar refractivity (Wildman–Crippen MR) is 90.1 cm³/mol. The van der Waals surface area contributed by atoms with Gasteiger partial charge in [-0.3, -0.25) is 9.59 Å². The van der Waals surface area contributed by atoms with Crippen LogP contribution in [0.4, 0.5) is 0 Å². The van der Waals surface area contributed by atoms with E-state index in [1.54, 1.807) is 0 Å². The molecule has 0 aliphatic heterocycles. The predicted octanol–water partition coefficient (Wildman–Crippen LogP) is 3.20. The fourth-order valence-corrected chi connectivity index (χ4v) is 4.70. The van der Waals surface area contributed by atoms with E-state index in [1.165, 1.54) is 11.3 Å². The first kappa shape index (κ1) is 15.9. The number of aromatic nitrogens is 1. The minimum absolute atomic E-state index is 0.180. The van der Waals surface area contributed by atoms with Crippen molar-refractivity contribution in [3.8, 4) is 0 Å². The molecule has 1 aliphatic carbocycles. The van der Waals surface area contributed by atoms with Gasteiger partial charge in [0.1, 0.15) is 4.83 Å². The van der Waals surface area contributed by atoms with Crippen LogP contribution < -0.4 is 5.32 Å². The van der Waals surface area contributed by atoms with Crippen molar-refractivity contribution in [2.24, 2.45) is 5.92 Å². The highest BCUT2D eigenvalue weighted by Gasteiger charge is 2.34. The lowest BCUT2D eigenvalue weighted by Crippen LogP contribution is -2.40. The van der Waals surface area contributed by atoms with Gasteiger partial charge < -0.3 is 10.4 Å². The average Bonchev–Trinajstić information content (AvgIpc) is 3.03. The topological polar surface area (TPSA) is 79.3 Å². The van der Waals surface area contributed by atoms with Crippen LogP contribution in [0.3, 0.4) is 0 Å². The van der Waals surface area contributed by atoms with Gasteiger partial charge in [-0.25, -0.2) is 4.98 Å². The summed E-state index contributed by atoms with van der Waals surface area (Å²) in [6.45, 7) is 5.90. The summed E-state index contributed by atoms with van der Waals surface area (Å²) >= 11 is 1.38. The van der Waals surface area contributed by atoms with Gasteiger partial charge in [0.15, 0.2) is 0 Å². The van der Waals surface area contributed by atoms with Crippen LogP contribution in [0, 0.1) is 26.7 Å². The van der Waals surface area contributed by atoms with Crippen molar-refractivity contribution < 1.29 is 14.7 Å². The molecule has 122 valence electrons. The Morgan fingerprint density at radius 3 is 2.74 bits per heavy atom.